The van der Waals surface area contributed by atoms with Gasteiger partial charge in [0.25, 0.3) is 5.91 Å². The number of aromatic nitrogens is 3. The molecule has 5 nitrogen and oxygen atoms in total. The first-order valence-corrected chi connectivity index (χ1v) is 10.3. The van der Waals surface area contributed by atoms with Crippen molar-refractivity contribution >= 4 is 38.5 Å². The number of likely N-dealkylation sites (tertiary alicyclic amines) is 1. The summed E-state index contributed by atoms with van der Waals surface area (Å²) in [6.45, 7) is 4.66. The average molecular weight is 388 g/mol. The minimum Gasteiger partial charge on any atom is -0.329 e. The second kappa shape index (κ2) is 6.63. The maximum atomic E-state index is 13.3. The van der Waals surface area contributed by atoms with Gasteiger partial charge in [-0.3, -0.25) is 4.79 Å². The summed E-state index contributed by atoms with van der Waals surface area (Å²) in [6.07, 6.45) is 1.95. The molecule has 0 aliphatic carbocycles. The van der Waals surface area contributed by atoms with Gasteiger partial charge in [0.1, 0.15) is 5.01 Å². The SMILES string of the molecule is Cc1nc2ccc(C(=O)N3CCCC3c3nc4ccccc4s3)cc2nc1C. The number of rotatable bonds is 2. The minimum atomic E-state index is 0.0451. The van der Waals surface area contributed by atoms with E-state index in [1.807, 2.05) is 55.1 Å². The van der Waals surface area contributed by atoms with Gasteiger partial charge in [0, 0.05) is 12.1 Å². The van der Waals surface area contributed by atoms with Crippen LogP contribution in [0, 0.1) is 13.8 Å². The first-order valence-electron chi connectivity index (χ1n) is 9.51. The number of para-hydroxylation sites is 1. The van der Waals surface area contributed by atoms with Crippen LogP contribution in [0.25, 0.3) is 21.3 Å². The van der Waals surface area contributed by atoms with Gasteiger partial charge >= 0.3 is 0 Å². The van der Waals surface area contributed by atoms with Crippen LogP contribution < -0.4 is 0 Å². The number of hydrogen-bond acceptors (Lipinski definition) is 5. The fraction of sp³-hybridized carbons (Fsp3) is 0.273. The topological polar surface area (TPSA) is 59.0 Å². The molecule has 4 aromatic rings. The van der Waals surface area contributed by atoms with Gasteiger partial charge in [-0.2, -0.15) is 0 Å². The van der Waals surface area contributed by atoms with E-state index in [1.54, 1.807) is 11.3 Å². The monoisotopic (exact) mass is 388 g/mol. The van der Waals surface area contributed by atoms with Crippen LogP contribution in [0.2, 0.25) is 0 Å². The van der Waals surface area contributed by atoms with E-state index < -0.39 is 0 Å². The van der Waals surface area contributed by atoms with Crippen LogP contribution in [0.3, 0.4) is 0 Å². The van der Waals surface area contributed by atoms with Crippen molar-refractivity contribution in [3.05, 3.63) is 64.4 Å². The molecular formula is C22H20N4OS. The van der Waals surface area contributed by atoms with Gasteiger partial charge in [-0.15, -0.1) is 11.3 Å². The van der Waals surface area contributed by atoms with E-state index in [4.69, 9.17) is 4.98 Å². The van der Waals surface area contributed by atoms with Crippen LogP contribution >= 0.6 is 11.3 Å². The molecular weight excluding hydrogens is 368 g/mol. The number of carbonyl (C=O) groups is 1. The molecule has 1 fully saturated rings. The van der Waals surface area contributed by atoms with E-state index in [1.165, 1.54) is 4.70 Å². The maximum absolute atomic E-state index is 13.3. The molecule has 0 radical (unpaired) electrons. The van der Waals surface area contributed by atoms with Gasteiger partial charge in [0.15, 0.2) is 0 Å². The summed E-state index contributed by atoms with van der Waals surface area (Å²) in [6, 6.07) is 13.8. The third-order valence-electron chi connectivity index (χ3n) is 5.43. The van der Waals surface area contributed by atoms with E-state index in [0.717, 1.165) is 52.3 Å². The fourth-order valence-corrected chi connectivity index (χ4v) is 4.94. The van der Waals surface area contributed by atoms with E-state index in [0.29, 0.717) is 5.56 Å². The number of carbonyl (C=O) groups excluding carboxylic acids is 1. The smallest absolute Gasteiger partial charge is 0.254 e. The molecule has 0 N–H and O–H groups in total. The lowest BCUT2D eigenvalue weighted by atomic mass is 10.1. The molecule has 2 aromatic heterocycles. The summed E-state index contributed by atoms with van der Waals surface area (Å²) in [5, 5.41) is 1.03. The second-order valence-corrected chi connectivity index (χ2v) is 8.34. The van der Waals surface area contributed by atoms with E-state index >= 15 is 0 Å². The van der Waals surface area contributed by atoms with Crippen LogP contribution in [0.5, 0.6) is 0 Å². The molecule has 0 saturated carbocycles. The number of aryl methyl sites for hydroxylation is 2. The van der Waals surface area contributed by atoms with E-state index in [2.05, 4.69) is 16.0 Å². The predicted molar refractivity (Wildman–Crippen MR) is 112 cm³/mol. The number of amides is 1. The predicted octanol–water partition coefficient (Wildman–Crippen LogP) is 4.83. The Bertz CT molecular complexity index is 1180. The number of fused-ring (bicyclic) bond motifs is 2. The largest absolute Gasteiger partial charge is 0.329 e. The number of benzene rings is 2. The highest BCUT2D eigenvalue weighted by Gasteiger charge is 2.33. The Hall–Kier alpha value is -2.86. The van der Waals surface area contributed by atoms with Gasteiger partial charge in [-0.25, -0.2) is 15.0 Å². The molecule has 1 aliphatic rings. The van der Waals surface area contributed by atoms with E-state index in [9.17, 15) is 4.79 Å². The molecule has 28 heavy (non-hydrogen) atoms. The molecule has 0 bridgehead atoms. The first-order chi connectivity index (χ1) is 13.6. The van der Waals surface area contributed by atoms with Gasteiger partial charge in [0.2, 0.25) is 0 Å². The summed E-state index contributed by atoms with van der Waals surface area (Å²) in [5.41, 5.74) is 5.08. The van der Waals surface area contributed by atoms with Gasteiger partial charge in [0.05, 0.1) is 38.7 Å². The molecule has 1 aliphatic heterocycles. The highest BCUT2D eigenvalue weighted by molar-refractivity contribution is 7.18. The Balaban J connectivity index is 1.49. The first kappa shape index (κ1) is 17.3. The lowest BCUT2D eigenvalue weighted by molar-refractivity contribution is 0.0735. The average Bonchev–Trinajstić information content (AvgIpc) is 3.34. The summed E-state index contributed by atoms with van der Waals surface area (Å²) in [5.74, 6) is 0.0451. The van der Waals surface area contributed by atoms with Gasteiger partial charge in [-0.05, 0) is 57.0 Å². The van der Waals surface area contributed by atoms with Crippen LogP contribution in [0.15, 0.2) is 42.5 Å². The zero-order valence-electron chi connectivity index (χ0n) is 15.8. The highest BCUT2D eigenvalue weighted by atomic mass is 32.1. The third-order valence-corrected chi connectivity index (χ3v) is 6.57. The van der Waals surface area contributed by atoms with Crippen molar-refractivity contribution in [2.75, 3.05) is 6.54 Å². The minimum absolute atomic E-state index is 0.0451. The number of nitrogens with zero attached hydrogens (tertiary/aromatic N) is 4. The molecule has 1 saturated heterocycles. The lowest BCUT2D eigenvalue weighted by Gasteiger charge is -2.23. The Morgan fingerprint density at radius 1 is 1.00 bits per heavy atom. The molecule has 3 heterocycles. The normalized spacial score (nSPS) is 16.9. The Labute approximate surface area is 167 Å². The van der Waals surface area contributed by atoms with Crippen LogP contribution in [0.4, 0.5) is 0 Å². The molecule has 1 atom stereocenters. The van der Waals surface area contributed by atoms with Crippen LogP contribution in [0.1, 0.15) is 45.6 Å². The van der Waals surface area contributed by atoms with Crippen molar-refractivity contribution in [3.63, 3.8) is 0 Å². The maximum Gasteiger partial charge on any atom is 0.254 e. The van der Waals surface area contributed by atoms with E-state index in [-0.39, 0.29) is 11.9 Å². The summed E-state index contributed by atoms with van der Waals surface area (Å²) in [7, 11) is 0. The van der Waals surface area contributed by atoms with Crippen molar-refractivity contribution in [1.29, 1.82) is 0 Å². The Kier molecular flexibility index (Phi) is 4.09. The molecule has 2 aromatic carbocycles. The fourth-order valence-electron chi connectivity index (χ4n) is 3.83. The van der Waals surface area contributed by atoms with Gasteiger partial charge < -0.3 is 4.90 Å². The standard InChI is InChI=1S/C22H20N4OS/c1-13-14(2)24-18-12-15(9-10-16(18)23-13)22(27)26-11-5-7-19(26)21-25-17-6-3-4-8-20(17)28-21/h3-4,6,8-10,12,19H,5,7,11H2,1-2H3. The Morgan fingerprint density at radius 3 is 2.61 bits per heavy atom. The van der Waals surface area contributed by atoms with Crippen LogP contribution in [-0.2, 0) is 0 Å². The second-order valence-electron chi connectivity index (χ2n) is 7.27. The third kappa shape index (κ3) is 2.85. The van der Waals surface area contributed by atoms with Crippen molar-refractivity contribution in [1.82, 2.24) is 19.9 Å². The lowest BCUT2D eigenvalue weighted by Crippen LogP contribution is -2.30. The molecule has 1 unspecified atom stereocenters. The van der Waals surface area contributed by atoms with Crippen LogP contribution in [-0.4, -0.2) is 32.3 Å². The molecule has 0 spiro atoms. The zero-order chi connectivity index (χ0) is 19.3. The highest BCUT2D eigenvalue weighted by Crippen LogP contribution is 2.37. The summed E-state index contributed by atoms with van der Waals surface area (Å²) in [4.78, 5) is 29.2. The van der Waals surface area contributed by atoms with Crippen molar-refractivity contribution < 1.29 is 4.79 Å². The van der Waals surface area contributed by atoms with Crippen molar-refractivity contribution in [3.8, 4) is 0 Å². The molecule has 5 rings (SSSR count). The summed E-state index contributed by atoms with van der Waals surface area (Å²) < 4.78 is 1.17. The molecule has 6 heteroatoms. The van der Waals surface area contributed by atoms with Crippen molar-refractivity contribution in [2.45, 2.75) is 32.7 Å². The van der Waals surface area contributed by atoms with Gasteiger partial charge in [-0.1, -0.05) is 12.1 Å². The zero-order valence-corrected chi connectivity index (χ0v) is 16.7. The number of hydrogen-bond donors (Lipinski definition) is 0. The quantitative estimate of drug-likeness (QED) is 0.493. The summed E-state index contributed by atoms with van der Waals surface area (Å²) >= 11 is 1.69. The Morgan fingerprint density at radius 2 is 1.79 bits per heavy atom. The van der Waals surface area contributed by atoms with Crippen molar-refractivity contribution in [2.24, 2.45) is 0 Å². The number of thiazole rings is 1. The molecule has 1 amide bonds. The molecule has 140 valence electrons.